The molecule has 0 saturated carbocycles. The molecule has 2 atom stereocenters. The topological polar surface area (TPSA) is 110 Å². The molecule has 2 unspecified atom stereocenters. The quantitative estimate of drug-likeness (QED) is 0.651. The van der Waals surface area contributed by atoms with Crippen LogP contribution in [0.25, 0.3) is 0 Å². The van der Waals surface area contributed by atoms with Crippen molar-refractivity contribution in [1.82, 2.24) is 4.90 Å². The third-order valence-electron chi connectivity index (χ3n) is 4.02. The highest BCUT2D eigenvalue weighted by Crippen LogP contribution is 2.26. The largest absolute Gasteiger partial charge is 0.481 e. The maximum absolute atomic E-state index is 12.6. The molecule has 0 aliphatic carbocycles. The van der Waals surface area contributed by atoms with Crippen LogP contribution in [0, 0.1) is 17.0 Å². The number of aliphatic carboxylic acids is 1. The summed E-state index contributed by atoms with van der Waals surface area (Å²) in [5.74, 6) is -1.32. The molecule has 2 rings (SSSR count). The van der Waals surface area contributed by atoms with Crippen LogP contribution < -0.4 is 0 Å². The van der Waals surface area contributed by atoms with Crippen LogP contribution in [0.15, 0.2) is 18.2 Å². The Labute approximate surface area is 132 Å². The summed E-state index contributed by atoms with van der Waals surface area (Å²) in [6.45, 7) is 1.87. The van der Waals surface area contributed by atoms with Crippen molar-refractivity contribution in [3.05, 3.63) is 39.4 Å². The summed E-state index contributed by atoms with van der Waals surface area (Å²) < 4.78 is 5.24. The van der Waals surface area contributed by atoms with Crippen molar-refractivity contribution in [1.29, 1.82) is 0 Å². The van der Waals surface area contributed by atoms with E-state index in [9.17, 15) is 19.7 Å². The first-order valence-electron chi connectivity index (χ1n) is 7.14. The Hall–Kier alpha value is -2.48. The van der Waals surface area contributed by atoms with Gasteiger partial charge in [0, 0.05) is 36.9 Å². The van der Waals surface area contributed by atoms with Gasteiger partial charge in [-0.3, -0.25) is 19.7 Å². The van der Waals surface area contributed by atoms with E-state index in [4.69, 9.17) is 9.84 Å². The van der Waals surface area contributed by atoms with Crippen molar-refractivity contribution < 1.29 is 24.4 Å². The van der Waals surface area contributed by atoms with Crippen LogP contribution in [0.2, 0.25) is 0 Å². The molecule has 0 bridgehead atoms. The van der Waals surface area contributed by atoms with Crippen LogP contribution in [-0.4, -0.2) is 52.6 Å². The third kappa shape index (κ3) is 3.65. The molecule has 8 nitrogen and oxygen atoms in total. The average Bonchev–Trinajstić information content (AvgIpc) is 2.88. The number of carboxylic acid groups (broad SMARTS) is 1. The second kappa shape index (κ2) is 6.74. The van der Waals surface area contributed by atoms with Gasteiger partial charge in [-0.25, -0.2) is 0 Å². The van der Waals surface area contributed by atoms with Gasteiger partial charge in [0.2, 0.25) is 0 Å². The van der Waals surface area contributed by atoms with Gasteiger partial charge in [-0.05, 0) is 25.5 Å². The minimum Gasteiger partial charge on any atom is -0.481 e. The predicted molar refractivity (Wildman–Crippen MR) is 80.3 cm³/mol. The number of benzene rings is 1. The number of aryl methyl sites for hydroxylation is 1. The second-order valence-electron chi connectivity index (χ2n) is 5.56. The Bertz CT molecular complexity index is 645. The van der Waals surface area contributed by atoms with Gasteiger partial charge in [-0.15, -0.1) is 0 Å². The van der Waals surface area contributed by atoms with E-state index in [0.29, 0.717) is 24.1 Å². The summed E-state index contributed by atoms with van der Waals surface area (Å²) in [4.78, 5) is 35.4. The zero-order chi connectivity index (χ0) is 17.1. The number of hydrogen-bond donors (Lipinski definition) is 1. The summed E-state index contributed by atoms with van der Waals surface area (Å²) in [5, 5.41) is 19.8. The van der Waals surface area contributed by atoms with Crippen molar-refractivity contribution in [3.63, 3.8) is 0 Å². The standard InChI is InChI=1S/C15H18N2O6/c1-9-5-10(3-4-13(9)17(21)22)15(20)16-8-12(23-2)6-11(16)7-14(18)19/h3-5,11-12H,6-8H2,1-2H3,(H,18,19). The van der Waals surface area contributed by atoms with Gasteiger partial charge in [0.05, 0.1) is 17.4 Å². The molecule has 1 aliphatic heterocycles. The lowest BCUT2D eigenvalue weighted by Crippen LogP contribution is -2.37. The van der Waals surface area contributed by atoms with Crippen LogP contribution >= 0.6 is 0 Å². The van der Waals surface area contributed by atoms with E-state index in [2.05, 4.69) is 0 Å². The lowest BCUT2D eigenvalue weighted by atomic mass is 10.1. The number of carboxylic acids is 1. The van der Waals surface area contributed by atoms with E-state index in [1.165, 1.54) is 30.2 Å². The number of carbonyl (C=O) groups is 2. The Kier molecular flexibility index (Phi) is 4.95. The Balaban J connectivity index is 2.25. The minimum absolute atomic E-state index is 0.0557. The Morgan fingerprint density at radius 1 is 1.48 bits per heavy atom. The summed E-state index contributed by atoms with van der Waals surface area (Å²) >= 11 is 0. The Morgan fingerprint density at radius 3 is 2.70 bits per heavy atom. The molecule has 1 heterocycles. The van der Waals surface area contributed by atoms with Crippen LogP contribution in [-0.2, 0) is 9.53 Å². The maximum atomic E-state index is 12.6. The van der Waals surface area contributed by atoms with Crippen LogP contribution in [0.5, 0.6) is 0 Å². The van der Waals surface area contributed by atoms with Gasteiger partial charge >= 0.3 is 5.97 Å². The summed E-state index contributed by atoms with van der Waals surface area (Å²) in [6.07, 6.45) is 0.0976. The highest BCUT2D eigenvalue weighted by Gasteiger charge is 2.37. The van der Waals surface area contributed by atoms with E-state index in [1.807, 2.05) is 0 Å². The number of amides is 1. The van der Waals surface area contributed by atoms with Gasteiger partial charge in [-0.1, -0.05) is 0 Å². The van der Waals surface area contributed by atoms with Gasteiger partial charge in [0.1, 0.15) is 0 Å². The van der Waals surface area contributed by atoms with E-state index < -0.39 is 16.9 Å². The average molecular weight is 322 g/mol. The molecule has 1 N–H and O–H groups in total. The van der Waals surface area contributed by atoms with E-state index in [1.54, 1.807) is 6.92 Å². The fourth-order valence-electron chi connectivity index (χ4n) is 2.85. The fraction of sp³-hybridized carbons (Fsp3) is 0.467. The van der Waals surface area contributed by atoms with Gasteiger partial charge in [0.25, 0.3) is 11.6 Å². The van der Waals surface area contributed by atoms with Crippen LogP contribution in [0.4, 0.5) is 5.69 Å². The van der Waals surface area contributed by atoms with Crippen molar-refractivity contribution in [2.45, 2.75) is 31.9 Å². The molecule has 1 aliphatic rings. The number of nitro benzene ring substituents is 1. The molecule has 0 spiro atoms. The molecular weight excluding hydrogens is 304 g/mol. The first kappa shape index (κ1) is 16.9. The minimum atomic E-state index is -0.982. The van der Waals surface area contributed by atoms with Gasteiger partial charge < -0.3 is 14.7 Å². The monoisotopic (exact) mass is 322 g/mol. The molecule has 0 aromatic heterocycles. The number of methoxy groups -OCH3 is 1. The first-order valence-corrected chi connectivity index (χ1v) is 7.14. The van der Waals surface area contributed by atoms with E-state index in [-0.39, 0.29) is 24.1 Å². The van der Waals surface area contributed by atoms with Crippen molar-refractivity contribution in [2.75, 3.05) is 13.7 Å². The number of nitrogens with zero attached hydrogens (tertiary/aromatic N) is 2. The molecule has 1 aromatic carbocycles. The molecular formula is C15H18N2O6. The van der Waals surface area contributed by atoms with E-state index in [0.717, 1.165) is 0 Å². The lowest BCUT2D eigenvalue weighted by molar-refractivity contribution is -0.385. The normalized spacial score (nSPS) is 20.5. The number of nitro groups is 1. The summed E-state index contributed by atoms with van der Waals surface area (Å²) in [7, 11) is 1.52. The molecule has 0 radical (unpaired) electrons. The number of ether oxygens (including phenoxy) is 1. The highest BCUT2D eigenvalue weighted by atomic mass is 16.6. The lowest BCUT2D eigenvalue weighted by Gasteiger charge is -2.23. The second-order valence-corrected chi connectivity index (χ2v) is 5.56. The van der Waals surface area contributed by atoms with E-state index >= 15 is 0 Å². The number of rotatable bonds is 5. The molecule has 8 heteroatoms. The van der Waals surface area contributed by atoms with Gasteiger partial charge in [0.15, 0.2) is 0 Å². The third-order valence-corrected chi connectivity index (χ3v) is 4.02. The smallest absolute Gasteiger partial charge is 0.305 e. The SMILES string of the molecule is COC1CC(CC(=O)O)N(C(=O)c2ccc([N+](=O)[O-])c(C)c2)C1. The van der Waals surface area contributed by atoms with Crippen LogP contribution in [0.1, 0.15) is 28.8 Å². The number of carbonyl (C=O) groups excluding carboxylic acids is 1. The molecule has 1 saturated heterocycles. The molecule has 23 heavy (non-hydrogen) atoms. The molecule has 1 aromatic rings. The van der Waals surface area contributed by atoms with Crippen molar-refractivity contribution in [2.24, 2.45) is 0 Å². The van der Waals surface area contributed by atoms with Crippen molar-refractivity contribution >= 4 is 17.6 Å². The zero-order valence-electron chi connectivity index (χ0n) is 12.9. The fourth-order valence-corrected chi connectivity index (χ4v) is 2.85. The predicted octanol–water partition coefficient (Wildman–Crippen LogP) is 1.61. The van der Waals surface area contributed by atoms with Gasteiger partial charge in [-0.2, -0.15) is 0 Å². The maximum Gasteiger partial charge on any atom is 0.305 e. The Morgan fingerprint density at radius 2 is 2.17 bits per heavy atom. The summed E-state index contributed by atoms with van der Waals surface area (Å²) in [5.41, 5.74) is 0.637. The number of hydrogen-bond acceptors (Lipinski definition) is 5. The number of likely N-dealkylation sites (tertiary alicyclic amines) is 1. The first-order chi connectivity index (χ1) is 10.8. The highest BCUT2D eigenvalue weighted by molar-refractivity contribution is 5.95. The molecule has 1 fully saturated rings. The summed E-state index contributed by atoms with van der Waals surface area (Å²) in [6, 6.07) is 3.70. The molecule has 124 valence electrons. The molecule has 1 amide bonds. The zero-order valence-corrected chi connectivity index (χ0v) is 12.9. The van der Waals surface area contributed by atoms with Crippen molar-refractivity contribution in [3.8, 4) is 0 Å². The van der Waals surface area contributed by atoms with Crippen LogP contribution in [0.3, 0.4) is 0 Å².